The van der Waals surface area contributed by atoms with Crippen molar-refractivity contribution in [2.24, 2.45) is 0 Å². The molecular formula is C17H16Cl2N2O3. The molecule has 2 heterocycles. The average Bonchev–Trinajstić information content (AvgIpc) is 2.56. The lowest BCUT2D eigenvalue weighted by atomic mass is 10.0. The fourth-order valence-electron chi connectivity index (χ4n) is 2.83. The maximum atomic E-state index is 12.8. The van der Waals surface area contributed by atoms with Gasteiger partial charge in [0, 0.05) is 24.9 Å². The van der Waals surface area contributed by atoms with E-state index in [0.29, 0.717) is 28.7 Å². The van der Waals surface area contributed by atoms with Gasteiger partial charge in [-0.25, -0.2) is 0 Å². The van der Waals surface area contributed by atoms with E-state index in [1.165, 1.54) is 0 Å². The van der Waals surface area contributed by atoms with Crippen LogP contribution >= 0.6 is 23.2 Å². The van der Waals surface area contributed by atoms with Crippen molar-refractivity contribution < 1.29 is 15.0 Å². The quantitative estimate of drug-likeness (QED) is 0.863. The first-order chi connectivity index (χ1) is 11.4. The normalized spacial score (nSPS) is 20.7. The first-order valence-corrected chi connectivity index (χ1v) is 8.11. The summed E-state index contributed by atoms with van der Waals surface area (Å²) >= 11 is 11.9. The molecule has 2 aliphatic heterocycles. The first kappa shape index (κ1) is 16.9. The largest absolute Gasteiger partial charge is 0.505 e. The number of carbonyl (C=O) groups is 1. The van der Waals surface area contributed by atoms with Gasteiger partial charge in [-0.05, 0) is 23.8 Å². The van der Waals surface area contributed by atoms with Gasteiger partial charge in [-0.15, -0.1) is 0 Å². The number of allylic oxidation sites excluding steroid dienone is 1. The fourth-order valence-corrected chi connectivity index (χ4v) is 3.15. The molecule has 2 aliphatic rings. The third-order valence-corrected chi connectivity index (χ3v) is 4.84. The van der Waals surface area contributed by atoms with Crippen LogP contribution in [0.5, 0.6) is 0 Å². The SMILES string of the molecule is C=C1C=CN2C(=C1O)C(=O)N(Cc1ccc(Cl)c(Cl)c1)CC2CO. The zero-order chi connectivity index (χ0) is 17.4. The van der Waals surface area contributed by atoms with Crippen LogP contribution in [0.25, 0.3) is 0 Å². The van der Waals surface area contributed by atoms with Crippen molar-refractivity contribution in [3.05, 3.63) is 69.7 Å². The van der Waals surface area contributed by atoms with Crippen molar-refractivity contribution >= 4 is 29.1 Å². The molecule has 7 heteroatoms. The number of carbonyl (C=O) groups excluding carboxylic acids is 1. The van der Waals surface area contributed by atoms with Gasteiger partial charge in [-0.2, -0.15) is 0 Å². The minimum absolute atomic E-state index is 0.132. The summed E-state index contributed by atoms with van der Waals surface area (Å²) in [6.07, 6.45) is 3.27. The monoisotopic (exact) mass is 366 g/mol. The Bertz CT molecular complexity index is 773. The van der Waals surface area contributed by atoms with E-state index in [1.54, 1.807) is 40.3 Å². The smallest absolute Gasteiger partial charge is 0.274 e. The predicted molar refractivity (Wildman–Crippen MR) is 92.5 cm³/mol. The predicted octanol–water partition coefficient (Wildman–Crippen LogP) is 2.85. The van der Waals surface area contributed by atoms with E-state index < -0.39 is 0 Å². The number of fused-ring (bicyclic) bond motifs is 1. The van der Waals surface area contributed by atoms with Crippen LogP contribution in [0, 0.1) is 0 Å². The second-order valence-corrected chi connectivity index (χ2v) is 6.53. The number of hydrogen-bond donors (Lipinski definition) is 2. The maximum Gasteiger partial charge on any atom is 0.274 e. The van der Waals surface area contributed by atoms with Gasteiger partial charge >= 0.3 is 0 Å². The standard InChI is InChI=1S/C17H16Cl2N2O3/c1-10-4-5-21-12(9-22)8-20(17(24)15(21)16(10)23)7-11-2-3-13(18)14(19)6-11/h2-6,12,22-23H,1,7-9H2. The van der Waals surface area contributed by atoms with Crippen LogP contribution in [0.2, 0.25) is 10.0 Å². The second-order valence-electron chi connectivity index (χ2n) is 5.72. The van der Waals surface area contributed by atoms with Crippen molar-refractivity contribution in [1.82, 2.24) is 9.80 Å². The molecule has 0 radical (unpaired) electrons. The number of piperazine rings is 1. The van der Waals surface area contributed by atoms with Crippen molar-refractivity contribution in [3.8, 4) is 0 Å². The highest BCUT2D eigenvalue weighted by molar-refractivity contribution is 6.42. The molecule has 5 nitrogen and oxygen atoms in total. The zero-order valence-corrected chi connectivity index (χ0v) is 14.3. The Hall–Kier alpha value is -1.95. The van der Waals surface area contributed by atoms with Crippen LogP contribution in [-0.2, 0) is 11.3 Å². The highest BCUT2D eigenvalue weighted by Gasteiger charge is 2.38. The Morgan fingerprint density at radius 1 is 1.29 bits per heavy atom. The molecule has 0 aromatic heterocycles. The molecule has 1 fully saturated rings. The van der Waals surface area contributed by atoms with Crippen molar-refractivity contribution in [1.29, 1.82) is 0 Å². The van der Waals surface area contributed by atoms with Crippen LogP contribution < -0.4 is 0 Å². The molecule has 0 saturated carbocycles. The molecule has 1 amide bonds. The molecule has 2 N–H and O–H groups in total. The molecule has 0 spiro atoms. The molecule has 3 rings (SSSR count). The van der Waals surface area contributed by atoms with Crippen LogP contribution in [0.4, 0.5) is 0 Å². The molecule has 1 saturated heterocycles. The van der Waals surface area contributed by atoms with Crippen LogP contribution in [0.3, 0.4) is 0 Å². The van der Waals surface area contributed by atoms with Gasteiger partial charge in [0.2, 0.25) is 0 Å². The molecule has 24 heavy (non-hydrogen) atoms. The number of rotatable bonds is 3. The summed E-state index contributed by atoms with van der Waals surface area (Å²) in [5.41, 5.74) is 1.31. The fraction of sp³-hybridized carbons (Fsp3) is 0.235. The van der Waals surface area contributed by atoms with Gasteiger partial charge in [0.25, 0.3) is 5.91 Å². The number of benzene rings is 1. The second kappa shape index (κ2) is 6.51. The highest BCUT2D eigenvalue weighted by atomic mass is 35.5. The molecule has 126 valence electrons. The maximum absolute atomic E-state index is 12.8. The Morgan fingerprint density at radius 3 is 2.71 bits per heavy atom. The lowest BCUT2D eigenvalue weighted by Gasteiger charge is -2.42. The molecule has 0 aliphatic carbocycles. The molecule has 1 atom stereocenters. The number of nitrogens with zero attached hydrogens (tertiary/aromatic N) is 2. The minimum atomic E-state index is -0.341. The minimum Gasteiger partial charge on any atom is -0.505 e. The third kappa shape index (κ3) is 2.90. The van der Waals surface area contributed by atoms with Gasteiger partial charge in [-0.1, -0.05) is 35.8 Å². The number of hydrogen-bond acceptors (Lipinski definition) is 4. The molecular weight excluding hydrogens is 351 g/mol. The zero-order valence-electron chi connectivity index (χ0n) is 12.7. The van der Waals surface area contributed by atoms with Crippen LogP contribution in [0.1, 0.15) is 5.56 Å². The Kier molecular flexibility index (Phi) is 4.58. The summed E-state index contributed by atoms with van der Waals surface area (Å²) in [4.78, 5) is 15.9. The summed E-state index contributed by atoms with van der Waals surface area (Å²) in [5.74, 6) is -0.492. The van der Waals surface area contributed by atoms with E-state index in [-0.39, 0.29) is 30.0 Å². The van der Waals surface area contributed by atoms with Crippen LogP contribution in [-0.4, -0.2) is 45.1 Å². The summed E-state index contributed by atoms with van der Waals surface area (Å²) in [6, 6.07) is 4.82. The van der Waals surface area contributed by atoms with Gasteiger partial charge in [0.1, 0.15) is 0 Å². The summed E-state index contributed by atoms with van der Waals surface area (Å²) in [6.45, 7) is 4.18. The number of amides is 1. The number of aliphatic hydroxyl groups excluding tert-OH is 2. The van der Waals surface area contributed by atoms with E-state index in [4.69, 9.17) is 23.2 Å². The lowest BCUT2D eigenvalue weighted by molar-refractivity contribution is -0.134. The molecule has 0 bridgehead atoms. The van der Waals surface area contributed by atoms with Crippen molar-refractivity contribution in [3.63, 3.8) is 0 Å². The molecule has 1 unspecified atom stereocenters. The van der Waals surface area contributed by atoms with Crippen molar-refractivity contribution in [2.45, 2.75) is 12.6 Å². The summed E-state index contributed by atoms with van der Waals surface area (Å²) < 4.78 is 0. The first-order valence-electron chi connectivity index (χ1n) is 7.35. The van der Waals surface area contributed by atoms with Gasteiger partial charge in [-0.3, -0.25) is 4.79 Å². The highest BCUT2D eigenvalue weighted by Crippen LogP contribution is 2.31. The number of aliphatic hydroxyl groups is 2. The molecule has 1 aromatic rings. The van der Waals surface area contributed by atoms with Gasteiger partial charge < -0.3 is 20.0 Å². The van der Waals surface area contributed by atoms with E-state index in [2.05, 4.69) is 6.58 Å². The Balaban J connectivity index is 1.92. The topological polar surface area (TPSA) is 64.0 Å². The average molecular weight is 367 g/mol. The van der Waals surface area contributed by atoms with Crippen molar-refractivity contribution in [2.75, 3.05) is 13.2 Å². The van der Waals surface area contributed by atoms with Gasteiger partial charge in [0.15, 0.2) is 11.5 Å². The molecule has 1 aromatic carbocycles. The van der Waals surface area contributed by atoms with E-state index in [0.717, 1.165) is 5.56 Å². The van der Waals surface area contributed by atoms with E-state index >= 15 is 0 Å². The Morgan fingerprint density at radius 2 is 2.04 bits per heavy atom. The Labute approximate surface area is 149 Å². The number of halogens is 2. The van der Waals surface area contributed by atoms with E-state index in [1.807, 2.05) is 0 Å². The summed E-state index contributed by atoms with van der Waals surface area (Å²) in [5, 5.41) is 20.7. The lowest BCUT2D eigenvalue weighted by Crippen LogP contribution is -2.54. The third-order valence-electron chi connectivity index (χ3n) is 4.11. The van der Waals surface area contributed by atoms with Crippen LogP contribution in [0.15, 0.2) is 54.1 Å². The van der Waals surface area contributed by atoms with E-state index in [9.17, 15) is 15.0 Å². The summed E-state index contributed by atoms with van der Waals surface area (Å²) in [7, 11) is 0. The van der Waals surface area contributed by atoms with Gasteiger partial charge in [0.05, 0.1) is 22.7 Å².